The molecule has 0 N–H and O–H groups in total. The van der Waals surface area contributed by atoms with E-state index in [0.29, 0.717) is 10.8 Å². The van der Waals surface area contributed by atoms with Gasteiger partial charge in [0.2, 0.25) is 0 Å². The first-order valence-electron chi connectivity index (χ1n) is 5.36. The molecular weight excluding hydrogens is 240 g/mol. The van der Waals surface area contributed by atoms with Crippen molar-refractivity contribution in [3.8, 4) is 5.75 Å². The average molecular weight is 257 g/mol. The molecule has 1 rings (SSSR count). The fraction of sp³-hybridized carbons (Fsp3) is 0.462. The zero-order chi connectivity index (χ0) is 13.1. The number of hydrogen-bond donors (Lipinski definition) is 0. The first kappa shape index (κ1) is 13.8. The summed E-state index contributed by atoms with van der Waals surface area (Å²) in [4.78, 5) is 11.6. The van der Waals surface area contributed by atoms with Crippen LogP contribution >= 0.6 is 11.6 Å². The van der Waals surface area contributed by atoms with Crippen LogP contribution < -0.4 is 4.74 Å². The molecule has 1 aromatic rings. The molecular formula is C13H17ClO3. The zero-order valence-corrected chi connectivity index (χ0v) is 11.3. The van der Waals surface area contributed by atoms with Crippen molar-refractivity contribution < 1.29 is 14.3 Å². The molecule has 0 fully saturated rings. The van der Waals surface area contributed by atoms with Gasteiger partial charge in [0.1, 0.15) is 11.4 Å². The van der Waals surface area contributed by atoms with Crippen LogP contribution in [0.1, 0.15) is 26.3 Å². The number of ether oxygens (including phenoxy) is 2. The Hall–Kier alpha value is -1.22. The van der Waals surface area contributed by atoms with E-state index >= 15 is 0 Å². The highest BCUT2D eigenvalue weighted by Gasteiger charge is 2.16. The van der Waals surface area contributed by atoms with Gasteiger partial charge in [-0.2, -0.15) is 0 Å². The maximum atomic E-state index is 11.6. The number of hydrogen-bond acceptors (Lipinski definition) is 3. The van der Waals surface area contributed by atoms with Gasteiger partial charge in [0.25, 0.3) is 0 Å². The van der Waals surface area contributed by atoms with Gasteiger partial charge < -0.3 is 9.47 Å². The van der Waals surface area contributed by atoms with Crippen molar-refractivity contribution in [1.29, 1.82) is 0 Å². The molecule has 0 aliphatic carbocycles. The van der Waals surface area contributed by atoms with Crippen molar-refractivity contribution in [3.05, 3.63) is 28.8 Å². The standard InChI is InChI=1S/C13H17ClO3/c1-13(2,3)17-12(15)8-9-5-6-10(14)11(7-9)16-4/h5-7H,8H2,1-4H3. The molecule has 0 amide bonds. The summed E-state index contributed by atoms with van der Waals surface area (Å²) in [7, 11) is 1.54. The molecule has 0 radical (unpaired) electrons. The second-order valence-corrected chi connectivity index (χ2v) is 5.14. The van der Waals surface area contributed by atoms with Crippen molar-refractivity contribution in [3.63, 3.8) is 0 Å². The van der Waals surface area contributed by atoms with E-state index in [1.54, 1.807) is 25.3 Å². The lowest BCUT2D eigenvalue weighted by Gasteiger charge is -2.19. The number of esters is 1. The predicted molar refractivity (Wildman–Crippen MR) is 67.6 cm³/mol. The Bertz CT molecular complexity index is 408. The van der Waals surface area contributed by atoms with Crippen LogP contribution in [-0.2, 0) is 16.0 Å². The summed E-state index contributed by atoms with van der Waals surface area (Å²) in [5.41, 5.74) is 0.355. The van der Waals surface area contributed by atoms with E-state index in [2.05, 4.69) is 0 Å². The number of benzene rings is 1. The Morgan fingerprint density at radius 3 is 2.53 bits per heavy atom. The maximum absolute atomic E-state index is 11.6. The van der Waals surface area contributed by atoms with Gasteiger partial charge >= 0.3 is 5.97 Å². The highest BCUT2D eigenvalue weighted by atomic mass is 35.5. The van der Waals surface area contributed by atoms with E-state index in [1.807, 2.05) is 20.8 Å². The fourth-order valence-corrected chi connectivity index (χ4v) is 1.55. The second-order valence-electron chi connectivity index (χ2n) is 4.73. The van der Waals surface area contributed by atoms with Crippen molar-refractivity contribution in [2.45, 2.75) is 32.8 Å². The van der Waals surface area contributed by atoms with Crippen molar-refractivity contribution in [2.75, 3.05) is 7.11 Å². The normalized spacial score (nSPS) is 11.1. The highest BCUT2D eigenvalue weighted by Crippen LogP contribution is 2.25. The second kappa shape index (κ2) is 5.41. The van der Waals surface area contributed by atoms with E-state index < -0.39 is 5.60 Å². The molecule has 0 bridgehead atoms. The van der Waals surface area contributed by atoms with Gasteiger partial charge in [0.15, 0.2) is 0 Å². The van der Waals surface area contributed by atoms with E-state index in [4.69, 9.17) is 21.1 Å². The van der Waals surface area contributed by atoms with Gasteiger partial charge in [-0.05, 0) is 38.5 Å². The number of rotatable bonds is 3. The number of halogens is 1. The van der Waals surface area contributed by atoms with Crippen LogP contribution in [0.3, 0.4) is 0 Å². The minimum absolute atomic E-state index is 0.213. The molecule has 0 aliphatic rings. The largest absolute Gasteiger partial charge is 0.495 e. The molecule has 0 unspecified atom stereocenters. The molecule has 0 saturated carbocycles. The van der Waals surface area contributed by atoms with Crippen LogP contribution in [0.25, 0.3) is 0 Å². The molecule has 0 saturated heterocycles. The number of carbonyl (C=O) groups excluding carboxylic acids is 1. The van der Waals surface area contributed by atoms with Gasteiger partial charge in [0, 0.05) is 0 Å². The van der Waals surface area contributed by atoms with Gasteiger partial charge in [-0.1, -0.05) is 17.7 Å². The third kappa shape index (κ3) is 4.65. The lowest BCUT2D eigenvalue weighted by atomic mass is 10.1. The lowest BCUT2D eigenvalue weighted by molar-refractivity contribution is -0.153. The van der Waals surface area contributed by atoms with E-state index in [1.165, 1.54) is 0 Å². The molecule has 3 nitrogen and oxygen atoms in total. The minimum Gasteiger partial charge on any atom is -0.495 e. The molecule has 0 heterocycles. The summed E-state index contributed by atoms with van der Waals surface area (Å²) in [5, 5.41) is 0.528. The first-order valence-corrected chi connectivity index (χ1v) is 5.74. The quantitative estimate of drug-likeness (QED) is 0.779. The fourth-order valence-electron chi connectivity index (χ4n) is 1.36. The maximum Gasteiger partial charge on any atom is 0.310 e. The Labute approximate surface area is 107 Å². The monoisotopic (exact) mass is 256 g/mol. The average Bonchev–Trinajstić information content (AvgIpc) is 2.18. The molecule has 0 spiro atoms. The van der Waals surface area contributed by atoms with Gasteiger partial charge in [-0.3, -0.25) is 4.79 Å². The van der Waals surface area contributed by atoms with E-state index in [9.17, 15) is 4.79 Å². The molecule has 0 aliphatic heterocycles. The Morgan fingerprint density at radius 1 is 1.35 bits per heavy atom. The summed E-state index contributed by atoms with van der Waals surface area (Å²) >= 11 is 5.90. The molecule has 0 atom stereocenters. The van der Waals surface area contributed by atoms with Crippen LogP contribution in [-0.4, -0.2) is 18.7 Å². The molecule has 17 heavy (non-hydrogen) atoms. The van der Waals surface area contributed by atoms with Crippen LogP contribution in [0.5, 0.6) is 5.75 Å². The van der Waals surface area contributed by atoms with Crippen molar-refractivity contribution >= 4 is 17.6 Å². The summed E-state index contributed by atoms with van der Waals surface area (Å²) in [6.07, 6.45) is 0.213. The first-order chi connectivity index (χ1) is 7.81. The Morgan fingerprint density at radius 2 is 2.00 bits per heavy atom. The summed E-state index contributed by atoms with van der Waals surface area (Å²) < 4.78 is 10.3. The molecule has 94 valence electrons. The number of carbonyl (C=O) groups is 1. The summed E-state index contributed by atoms with van der Waals surface area (Å²) in [6, 6.07) is 5.24. The summed E-state index contributed by atoms with van der Waals surface area (Å²) in [6.45, 7) is 5.52. The zero-order valence-electron chi connectivity index (χ0n) is 10.5. The third-order valence-corrected chi connectivity index (χ3v) is 2.30. The third-order valence-electron chi connectivity index (χ3n) is 1.98. The van der Waals surface area contributed by atoms with Crippen LogP contribution in [0.2, 0.25) is 5.02 Å². The van der Waals surface area contributed by atoms with Gasteiger partial charge in [-0.25, -0.2) is 0 Å². The van der Waals surface area contributed by atoms with Crippen LogP contribution in [0, 0.1) is 0 Å². The molecule has 0 aromatic heterocycles. The highest BCUT2D eigenvalue weighted by molar-refractivity contribution is 6.32. The van der Waals surface area contributed by atoms with Crippen molar-refractivity contribution in [2.24, 2.45) is 0 Å². The van der Waals surface area contributed by atoms with Crippen LogP contribution in [0.15, 0.2) is 18.2 Å². The number of methoxy groups -OCH3 is 1. The van der Waals surface area contributed by atoms with E-state index in [-0.39, 0.29) is 12.4 Å². The molecule has 1 aromatic carbocycles. The van der Waals surface area contributed by atoms with Crippen molar-refractivity contribution in [1.82, 2.24) is 0 Å². The Kier molecular flexibility index (Phi) is 4.40. The SMILES string of the molecule is COc1cc(CC(=O)OC(C)(C)C)ccc1Cl. The minimum atomic E-state index is -0.465. The van der Waals surface area contributed by atoms with Crippen LogP contribution in [0.4, 0.5) is 0 Å². The lowest BCUT2D eigenvalue weighted by Crippen LogP contribution is -2.24. The smallest absolute Gasteiger partial charge is 0.310 e. The topological polar surface area (TPSA) is 35.5 Å². The van der Waals surface area contributed by atoms with Gasteiger partial charge in [-0.15, -0.1) is 0 Å². The Balaban J connectivity index is 2.72. The summed E-state index contributed by atoms with van der Waals surface area (Å²) in [5.74, 6) is 0.301. The predicted octanol–water partition coefficient (Wildman–Crippen LogP) is 3.23. The molecule has 4 heteroatoms. The van der Waals surface area contributed by atoms with E-state index in [0.717, 1.165) is 5.56 Å². The van der Waals surface area contributed by atoms with Gasteiger partial charge in [0.05, 0.1) is 18.6 Å².